The monoisotopic (exact) mass is 698 g/mol. The summed E-state index contributed by atoms with van der Waals surface area (Å²) in [5.41, 5.74) is 1.84. The van der Waals surface area contributed by atoms with Crippen molar-refractivity contribution < 1.29 is 47.7 Å². The van der Waals surface area contributed by atoms with Crippen molar-refractivity contribution in [2.75, 3.05) is 0 Å². The lowest BCUT2D eigenvalue weighted by atomic mass is 9.98. The van der Waals surface area contributed by atoms with Crippen LogP contribution in [0.25, 0.3) is 16.8 Å². The molecule has 4 aromatic carbocycles. The molecule has 10 nitrogen and oxygen atoms in total. The van der Waals surface area contributed by atoms with E-state index in [1.54, 1.807) is 42.5 Å². The van der Waals surface area contributed by atoms with Crippen LogP contribution in [0.1, 0.15) is 59.5 Å². The van der Waals surface area contributed by atoms with E-state index >= 15 is 0 Å². The Labute approximate surface area is 300 Å². The third kappa shape index (κ3) is 9.39. The van der Waals surface area contributed by atoms with Gasteiger partial charge in [-0.2, -0.15) is 0 Å². The molecule has 0 aliphatic carbocycles. The Morgan fingerprint density at radius 1 is 0.462 bits per heavy atom. The van der Waals surface area contributed by atoms with E-state index in [1.807, 2.05) is 0 Å². The summed E-state index contributed by atoms with van der Waals surface area (Å²) in [5.74, 6) is -3.92. The van der Waals surface area contributed by atoms with Gasteiger partial charge in [-0.25, -0.2) is 19.2 Å². The number of rotatable bonds is 13. The van der Waals surface area contributed by atoms with Gasteiger partial charge in [0, 0.05) is 39.0 Å². The van der Waals surface area contributed by atoms with E-state index in [-0.39, 0.29) is 56.6 Å². The molecule has 0 aliphatic heterocycles. The summed E-state index contributed by atoms with van der Waals surface area (Å²) in [6, 6.07) is 18.5. The highest BCUT2D eigenvalue weighted by Gasteiger charge is 2.20. The van der Waals surface area contributed by atoms with Crippen molar-refractivity contribution in [3.63, 3.8) is 0 Å². The number of hydrogen-bond acceptors (Lipinski definition) is 10. The number of ketones is 2. The van der Waals surface area contributed by atoms with E-state index in [0.29, 0.717) is 27.5 Å². The zero-order valence-corrected chi connectivity index (χ0v) is 29.0. The molecule has 4 rings (SSSR count). The highest BCUT2D eigenvalue weighted by molar-refractivity contribution is 6.12. The van der Waals surface area contributed by atoms with Crippen molar-refractivity contribution in [3.8, 4) is 23.0 Å². The van der Waals surface area contributed by atoms with E-state index in [2.05, 4.69) is 26.3 Å². The zero-order valence-electron chi connectivity index (χ0n) is 29.0. The fraction of sp³-hybridized carbons (Fsp3) is 0.0952. The van der Waals surface area contributed by atoms with Gasteiger partial charge in [0.1, 0.15) is 0 Å². The van der Waals surface area contributed by atoms with Crippen molar-refractivity contribution in [2.45, 2.75) is 27.7 Å². The van der Waals surface area contributed by atoms with E-state index in [1.165, 1.54) is 70.2 Å². The summed E-state index contributed by atoms with van der Waals surface area (Å²) in [5, 5.41) is 1.36. The second-order valence-corrected chi connectivity index (χ2v) is 11.9. The van der Waals surface area contributed by atoms with E-state index in [0.717, 1.165) is 0 Å². The number of benzene rings is 4. The first-order chi connectivity index (χ1) is 24.5. The van der Waals surface area contributed by atoms with E-state index in [4.69, 9.17) is 18.9 Å². The van der Waals surface area contributed by atoms with Crippen molar-refractivity contribution >= 4 is 52.3 Å². The first kappa shape index (κ1) is 37.9. The molecule has 52 heavy (non-hydrogen) atoms. The van der Waals surface area contributed by atoms with Gasteiger partial charge in [-0.15, -0.1) is 0 Å². The number of carbonyl (C=O) groups excluding carboxylic acids is 6. The molecule has 0 aromatic heterocycles. The van der Waals surface area contributed by atoms with Crippen LogP contribution in [0.15, 0.2) is 127 Å². The molecule has 0 fully saturated rings. The summed E-state index contributed by atoms with van der Waals surface area (Å²) in [4.78, 5) is 75.4. The minimum Gasteiger partial charge on any atom is -0.419 e. The molecule has 4 aromatic rings. The molecule has 0 heterocycles. The highest BCUT2D eigenvalue weighted by Crippen LogP contribution is 2.32. The third-order valence-corrected chi connectivity index (χ3v) is 7.19. The molecule has 0 amide bonds. The van der Waals surface area contributed by atoms with Crippen LogP contribution >= 0.6 is 0 Å². The highest BCUT2D eigenvalue weighted by atomic mass is 16.6. The van der Waals surface area contributed by atoms with Gasteiger partial charge in [-0.3, -0.25) is 9.59 Å². The van der Waals surface area contributed by atoms with Crippen LogP contribution in [-0.2, 0) is 19.2 Å². The third-order valence-electron chi connectivity index (χ3n) is 7.19. The van der Waals surface area contributed by atoms with E-state index < -0.39 is 29.7 Å². The molecular formula is C42H34O10. The first-order valence-electron chi connectivity index (χ1n) is 15.6. The van der Waals surface area contributed by atoms with Crippen LogP contribution < -0.4 is 18.9 Å². The van der Waals surface area contributed by atoms with Gasteiger partial charge < -0.3 is 18.9 Å². The van der Waals surface area contributed by atoms with Crippen LogP contribution in [-0.4, -0.2) is 35.4 Å². The Balaban J connectivity index is 1.57. The number of ether oxygens (including phenoxy) is 4. The Morgan fingerprint density at radius 3 is 1.35 bits per heavy atom. The lowest BCUT2D eigenvalue weighted by Gasteiger charge is -2.12. The maximum absolute atomic E-state index is 13.5. The molecule has 0 unspecified atom stereocenters. The normalized spacial score (nSPS) is 10.6. The molecule has 0 atom stereocenters. The molecule has 262 valence electrons. The molecule has 0 saturated carbocycles. The van der Waals surface area contributed by atoms with Gasteiger partial charge in [-0.05, 0) is 92.6 Å². The lowest BCUT2D eigenvalue weighted by molar-refractivity contribution is -0.132. The largest absolute Gasteiger partial charge is 0.419 e. The summed E-state index contributed by atoms with van der Waals surface area (Å²) in [7, 11) is 0. The smallest absolute Gasteiger partial charge is 0.338 e. The summed E-state index contributed by atoms with van der Waals surface area (Å²) in [6.07, 6.45) is 2.86. The van der Waals surface area contributed by atoms with Gasteiger partial charge in [0.15, 0.2) is 34.6 Å². The van der Waals surface area contributed by atoms with Gasteiger partial charge in [-0.1, -0.05) is 62.7 Å². The van der Waals surface area contributed by atoms with Crippen molar-refractivity contribution in [1.29, 1.82) is 0 Å². The molecule has 0 spiro atoms. The average Bonchev–Trinajstić information content (AvgIpc) is 3.10. The molecule has 0 bridgehead atoms. The van der Waals surface area contributed by atoms with Crippen molar-refractivity contribution in [3.05, 3.63) is 150 Å². The maximum atomic E-state index is 13.5. The van der Waals surface area contributed by atoms with Gasteiger partial charge >= 0.3 is 23.9 Å². The molecule has 0 saturated heterocycles. The maximum Gasteiger partial charge on any atom is 0.338 e. The fourth-order valence-corrected chi connectivity index (χ4v) is 4.33. The SMILES string of the molecule is C=C(C)C(=O)Oc1ccc(/C=C/C(=O)c2ccc3cc(C(=O)c4ccc(OC(=O)C(=C)C)c(OC(=O)C(=C)C)c4)ccc3c2)cc1OC(=O)C(=C)C. The second-order valence-electron chi connectivity index (χ2n) is 11.9. The Hall–Kier alpha value is -6.94. The predicted molar refractivity (Wildman–Crippen MR) is 195 cm³/mol. The fourth-order valence-electron chi connectivity index (χ4n) is 4.33. The van der Waals surface area contributed by atoms with Crippen LogP contribution in [0.2, 0.25) is 0 Å². The van der Waals surface area contributed by atoms with Crippen LogP contribution in [0.4, 0.5) is 0 Å². The standard InChI is InChI=1S/C42H34O10/c1-23(2)39(45)49-34-17-10-27(19-36(34)51-41(47)25(5)6)9-16-33(43)30-13-11-29-21-31(14-12-28(29)20-30)38(44)32-15-18-35(50-40(46)24(3)4)37(22-32)52-42(48)26(7)8/h9-22H,1,3,5,7H2,2,4,6,8H3/b16-9+. The number of allylic oxidation sites excluding steroid dienone is 1. The summed E-state index contributed by atoms with van der Waals surface area (Å²) < 4.78 is 21.3. The minimum absolute atomic E-state index is 0.00813. The van der Waals surface area contributed by atoms with Crippen LogP contribution in [0.5, 0.6) is 23.0 Å². The molecule has 0 radical (unpaired) electrons. The number of carbonyl (C=O) groups is 6. The first-order valence-corrected chi connectivity index (χ1v) is 15.6. The number of hydrogen-bond donors (Lipinski definition) is 0. The Morgan fingerprint density at radius 2 is 0.846 bits per heavy atom. The van der Waals surface area contributed by atoms with Gasteiger partial charge in [0.2, 0.25) is 0 Å². The zero-order chi connectivity index (χ0) is 38.3. The lowest BCUT2D eigenvalue weighted by Crippen LogP contribution is -2.13. The van der Waals surface area contributed by atoms with Crippen LogP contribution in [0.3, 0.4) is 0 Å². The molecule has 0 aliphatic rings. The summed E-state index contributed by atoms with van der Waals surface area (Å²) in [6.45, 7) is 20.1. The molecule has 10 heteroatoms. The van der Waals surface area contributed by atoms with E-state index in [9.17, 15) is 28.8 Å². The minimum atomic E-state index is -0.767. The quantitative estimate of drug-likeness (QED) is 0.0586. The van der Waals surface area contributed by atoms with Gasteiger partial charge in [0.05, 0.1) is 0 Å². The van der Waals surface area contributed by atoms with Crippen molar-refractivity contribution in [2.24, 2.45) is 0 Å². The Bertz CT molecular complexity index is 2270. The summed E-state index contributed by atoms with van der Waals surface area (Å²) >= 11 is 0. The molecule has 0 N–H and O–H groups in total. The van der Waals surface area contributed by atoms with Gasteiger partial charge in [0.25, 0.3) is 0 Å². The second kappa shape index (κ2) is 16.2. The number of fused-ring (bicyclic) bond motifs is 1. The number of esters is 4. The Kier molecular flexibility index (Phi) is 11.8. The predicted octanol–water partition coefficient (Wildman–Crippen LogP) is 7.89. The topological polar surface area (TPSA) is 139 Å². The average molecular weight is 699 g/mol. The molecular weight excluding hydrogens is 664 g/mol. The van der Waals surface area contributed by atoms with Crippen molar-refractivity contribution in [1.82, 2.24) is 0 Å². The van der Waals surface area contributed by atoms with Crippen LogP contribution in [0, 0.1) is 0 Å².